The highest BCUT2D eigenvalue weighted by atomic mass is 19.1. The molecule has 0 spiro atoms. The summed E-state index contributed by atoms with van der Waals surface area (Å²) in [5, 5.41) is 5.58. The summed E-state index contributed by atoms with van der Waals surface area (Å²) in [5.74, 6) is -1.69. The highest BCUT2D eigenvalue weighted by molar-refractivity contribution is 5.93. The van der Waals surface area contributed by atoms with Gasteiger partial charge in [0.1, 0.15) is 17.3 Å². The van der Waals surface area contributed by atoms with E-state index in [0.29, 0.717) is 12.2 Å². The molecule has 0 bridgehead atoms. The molecule has 5 nitrogen and oxygen atoms in total. The van der Waals surface area contributed by atoms with Crippen LogP contribution in [0.3, 0.4) is 0 Å². The van der Waals surface area contributed by atoms with Crippen molar-refractivity contribution in [2.75, 3.05) is 18.5 Å². The van der Waals surface area contributed by atoms with Crippen LogP contribution in [0.1, 0.15) is 23.3 Å². The van der Waals surface area contributed by atoms with Gasteiger partial charge >= 0.3 is 0 Å². The number of hydrogen-bond donors (Lipinski definition) is 2. The average molecular weight is 333 g/mol. The number of anilines is 2. The van der Waals surface area contributed by atoms with E-state index in [1.807, 2.05) is 0 Å². The van der Waals surface area contributed by atoms with E-state index in [1.165, 1.54) is 18.3 Å². The van der Waals surface area contributed by atoms with Crippen molar-refractivity contribution in [1.82, 2.24) is 10.3 Å². The number of benzene rings is 1. The number of hydrogen-bond acceptors (Lipinski definition) is 4. The van der Waals surface area contributed by atoms with Gasteiger partial charge in [-0.2, -0.15) is 0 Å². The SMILES string of the molecule is O=C(NCC1CCCO1)c1cc(Nc2ccc(F)cc2F)ccn1. The number of ether oxygens (including phenoxy) is 1. The maximum absolute atomic E-state index is 13.7. The Kier molecular flexibility index (Phi) is 5.00. The maximum atomic E-state index is 13.7. The maximum Gasteiger partial charge on any atom is 0.270 e. The first-order valence-corrected chi connectivity index (χ1v) is 7.70. The molecule has 1 aliphatic heterocycles. The van der Waals surface area contributed by atoms with E-state index >= 15 is 0 Å². The molecular formula is C17H17F2N3O2. The third kappa shape index (κ3) is 4.05. The molecule has 1 aliphatic rings. The van der Waals surface area contributed by atoms with Crippen LogP contribution in [0.5, 0.6) is 0 Å². The summed E-state index contributed by atoms with van der Waals surface area (Å²) in [7, 11) is 0. The Bertz CT molecular complexity index is 734. The molecule has 0 saturated carbocycles. The zero-order chi connectivity index (χ0) is 16.9. The molecule has 1 atom stereocenters. The number of nitrogens with zero attached hydrogens (tertiary/aromatic N) is 1. The predicted octanol–water partition coefficient (Wildman–Crippen LogP) is 3.01. The summed E-state index contributed by atoms with van der Waals surface area (Å²) in [6.07, 6.45) is 3.43. The monoisotopic (exact) mass is 333 g/mol. The van der Waals surface area contributed by atoms with Crippen molar-refractivity contribution in [1.29, 1.82) is 0 Å². The number of pyridine rings is 1. The minimum Gasteiger partial charge on any atom is -0.376 e. The zero-order valence-electron chi connectivity index (χ0n) is 12.9. The lowest BCUT2D eigenvalue weighted by Crippen LogP contribution is -2.32. The lowest BCUT2D eigenvalue weighted by atomic mass is 10.2. The minimum absolute atomic E-state index is 0.0450. The number of amides is 1. The van der Waals surface area contributed by atoms with Gasteiger partial charge in [-0.3, -0.25) is 9.78 Å². The summed E-state index contributed by atoms with van der Waals surface area (Å²) in [6, 6.07) is 6.34. The molecule has 1 aromatic carbocycles. The first kappa shape index (κ1) is 16.3. The first-order valence-electron chi connectivity index (χ1n) is 7.70. The molecule has 2 aromatic rings. The highest BCUT2D eigenvalue weighted by Gasteiger charge is 2.17. The number of halogens is 2. The molecular weight excluding hydrogens is 316 g/mol. The van der Waals surface area contributed by atoms with Crippen LogP contribution in [0.2, 0.25) is 0 Å². The Morgan fingerprint density at radius 3 is 2.92 bits per heavy atom. The third-order valence-corrected chi connectivity index (χ3v) is 3.72. The van der Waals surface area contributed by atoms with Gasteiger partial charge < -0.3 is 15.4 Å². The van der Waals surface area contributed by atoms with Crippen molar-refractivity contribution in [3.8, 4) is 0 Å². The predicted molar refractivity (Wildman–Crippen MR) is 85.2 cm³/mol. The Balaban J connectivity index is 1.65. The fourth-order valence-electron chi connectivity index (χ4n) is 2.48. The number of carbonyl (C=O) groups excluding carboxylic acids is 1. The van der Waals surface area contributed by atoms with Gasteiger partial charge in [0.05, 0.1) is 11.8 Å². The van der Waals surface area contributed by atoms with Crippen molar-refractivity contribution in [2.45, 2.75) is 18.9 Å². The number of carbonyl (C=O) groups is 1. The molecule has 7 heteroatoms. The second kappa shape index (κ2) is 7.35. The number of aromatic nitrogens is 1. The van der Waals surface area contributed by atoms with Crippen molar-refractivity contribution in [3.63, 3.8) is 0 Å². The standard InChI is InChI=1S/C17H17F2N3O2/c18-11-3-4-15(14(19)8-11)22-12-5-6-20-16(9-12)17(23)21-10-13-2-1-7-24-13/h3-6,8-9,13H,1-2,7,10H2,(H,20,22)(H,21,23). The van der Waals surface area contributed by atoms with Crippen molar-refractivity contribution in [3.05, 3.63) is 53.9 Å². The Hall–Kier alpha value is -2.54. The van der Waals surface area contributed by atoms with Gasteiger partial charge in [-0.15, -0.1) is 0 Å². The Labute approximate surface area is 138 Å². The second-order valence-corrected chi connectivity index (χ2v) is 5.52. The van der Waals surface area contributed by atoms with Gasteiger partial charge in [0.25, 0.3) is 5.91 Å². The molecule has 2 heterocycles. The van der Waals surface area contributed by atoms with E-state index in [0.717, 1.165) is 31.6 Å². The van der Waals surface area contributed by atoms with Crippen LogP contribution in [0.4, 0.5) is 20.2 Å². The van der Waals surface area contributed by atoms with Gasteiger partial charge in [-0.05, 0) is 37.1 Å². The highest BCUT2D eigenvalue weighted by Crippen LogP contribution is 2.21. The van der Waals surface area contributed by atoms with E-state index in [-0.39, 0.29) is 23.4 Å². The van der Waals surface area contributed by atoms with Crippen molar-refractivity contribution < 1.29 is 18.3 Å². The smallest absolute Gasteiger partial charge is 0.270 e. The lowest BCUT2D eigenvalue weighted by molar-refractivity contribution is 0.0854. The van der Waals surface area contributed by atoms with E-state index in [4.69, 9.17) is 4.74 Å². The van der Waals surface area contributed by atoms with Gasteiger partial charge in [-0.1, -0.05) is 0 Å². The molecule has 24 heavy (non-hydrogen) atoms. The van der Waals surface area contributed by atoms with E-state index in [1.54, 1.807) is 6.07 Å². The van der Waals surface area contributed by atoms with E-state index in [9.17, 15) is 13.6 Å². The number of nitrogens with one attached hydrogen (secondary N) is 2. The van der Waals surface area contributed by atoms with E-state index in [2.05, 4.69) is 15.6 Å². The van der Waals surface area contributed by atoms with Crippen LogP contribution < -0.4 is 10.6 Å². The summed E-state index contributed by atoms with van der Waals surface area (Å²) < 4.78 is 32.1. The molecule has 1 fully saturated rings. The normalized spacial score (nSPS) is 16.8. The molecule has 2 N–H and O–H groups in total. The largest absolute Gasteiger partial charge is 0.376 e. The Morgan fingerprint density at radius 2 is 2.17 bits per heavy atom. The number of rotatable bonds is 5. The molecule has 126 valence electrons. The first-order chi connectivity index (χ1) is 11.6. The molecule has 3 rings (SSSR count). The molecule has 0 aliphatic carbocycles. The van der Waals surface area contributed by atoms with Crippen LogP contribution in [-0.2, 0) is 4.74 Å². The second-order valence-electron chi connectivity index (χ2n) is 5.52. The zero-order valence-corrected chi connectivity index (χ0v) is 12.9. The summed E-state index contributed by atoms with van der Waals surface area (Å²) in [5.41, 5.74) is 0.812. The lowest BCUT2D eigenvalue weighted by Gasteiger charge is -2.11. The average Bonchev–Trinajstić information content (AvgIpc) is 3.09. The van der Waals surface area contributed by atoms with Crippen LogP contribution in [0.25, 0.3) is 0 Å². The van der Waals surface area contributed by atoms with Crippen LogP contribution in [-0.4, -0.2) is 30.1 Å². The van der Waals surface area contributed by atoms with Gasteiger partial charge in [0, 0.05) is 31.1 Å². The van der Waals surface area contributed by atoms with Crippen LogP contribution >= 0.6 is 0 Å². The fourth-order valence-corrected chi connectivity index (χ4v) is 2.48. The molecule has 0 radical (unpaired) electrons. The molecule has 1 amide bonds. The quantitative estimate of drug-likeness (QED) is 0.883. The topological polar surface area (TPSA) is 63.2 Å². The van der Waals surface area contributed by atoms with Crippen molar-refractivity contribution in [2.24, 2.45) is 0 Å². The summed E-state index contributed by atoms with van der Waals surface area (Å²) >= 11 is 0. The minimum atomic E-state index is -0.712. The summed E-state index contributed by atoms with van der Waals surface area (Å²) in [6.45, 7) is 1.16. The molecule has 1 saturated heterocycles. The fraction of sp³-hybridized carbons (Fsp3) is 0.294. The third-order valence-electron chi connectivity index (χ3n) is 3.72. The van der Waals surface area contributed by atoms with Crippen LogP contribution in [0, 0.1) is 11.6 Å². The van der Waals surface area contributed by atoms with Gasteiger partial charge in [-0.25, -0.2) is 8.78 Å². The van der Waals surface area contributed by atoms with Crippen LogP contribution in [0.15, 0.2) is 36.5 Å². The Morgan fingerprint density at radius 1 is 1.29 bits per heavy atom. The van der Waals surface area contributed by atoms with Gasteiger partial charge in [0.2, 0.25) is 0 Å². The summed E-state index contributed by atoms with van der Waals surface area (Å²) in [4.78, 5) is 16.2. The van der Waals surface area contributed by atoms with E-state index < -0.39 is 11.6 Å². The van der Waals surface area contributed by atoms with Gasteiger partial charge in [0.15, 0.2) is 0 Å². The molecule has 1 aromatic heterocycles. The molecule has 1 unspecified atom stereocenters. The van der Waals surface area contributed by atoms with Crippen molar-refractivity contribution >= 4 is 17.3 Å².